The van der Waals surface area contributed by atoms with E-state index in [9.17, 15) is 14.3 Å². The zero-order chi connectivity index (χ0) is 16.4. The summed E-state index contributed by atoms with van der Waals surface area (Å²) in [4.78, 5) is 19.0. The van der Waals surface area contributed by atoms with Gasteiger partial charge in [0.2, 0.25) is 0 Å². The number of rotatable bonds is 5. The van der Waals surface area contributed by atoms with Gasteiger partial charge in [0.1, 0.15) is 17.2 Å². The third-order valence-corrected chi connectivity index (χ3v) is 4.23. The standard InChI is InChI=1S/C14H12FN5O2S/c1-8(14(21)22)23-13-11-12(16-7-17-13)20(19-18-11)6-9-4-2-3-5-10(9)15/h2-5,7-8H,6H2,1H3,(H,21,22)/p-1/t8-/m1/s1. The average molecular weight is 332 g/mol. The normalized spacial score (nSPS) is 12.4. The van der Waals surface area contributed by atoms with Crippen LogP contribution in [0.2, 0.25) is 0 Å². The number of halogens is 1. The second-order valence-corrected chi connectivity index (χ2v) is 6.10. The van der Waals surface area contributed by atoms with Crippen LogP contribution >= 0.6 is 11.8 Å². The summed E-state index contributed by atoms with van der Waals surface area (Å²) in [5.74, 6) is -1.54. The summed E-state index contributed by atoms with van der Waals surface area (Å²) < 4.78 is 15.2. The van der Waals surface area contributed by atoms with Crippen LogP contribution < -0.4 is 5.11 Å². The zero-order valence-electron chi connectivity index (χ0n) is 12.0. The number of fused-ring (bicyclic) bond motifs is 1. The Kier molecular flexibility index (Phi) is 4.20. The van der Waals surface area contributed by atoms with Crippen molar-refractivity contribution in [2.24, 2.45) is 0 Å². The van der Waals surface area contributed by atoms with Gasteiger partial charge in [-0.2, -0.15) is 0 Å². The Balaban J connectivity index is 1.95. The molecule has 2 heterocycles. The lowest BCUT2D eigenvalue weighted by molar-refractivity contribution is -0.304. The molecule has 0 amide bonds. The molecule has 0 spiro atoms. The first-order chi connectivity index (χ1) is 11.1. The monoisotopic (exact) mass is 332 g/mol. The van der Waals surface area contributed by atoms with Crippen molar-refractivity contribution in [3.8, 4) is 0 Å². The van der Waals surface area contributed by atoms with Crippen molar-refractivity contribution in [2.75, 3.05) is 0 Å². The molecule has 0 bridgehead atoms. The van der Waals surface area contributed by atoms with Gasteiger partial charge in [-0.05, 0) is 13.0 Å². The van der Waals surface area contributed by atoms with Crippen LogP contribution in [0.5, 0.6) is 0 Å². The van der Waals surface area contributed by atoms with Gasteiger partial charge in [-0.25, -0.2) is 19.0 Å². The number of nitrogens with zero attached hydrogens (tertiary/aromatic N) is 5. The first-order valence-corrected chi connectivity index (χ1v) is 7.59. The quantitative estimate of drug-likeness (QED) is 0.499. The SMILES string of the molecule is C[C@@H](Sc1ncnc2c1nnn2Cc1ccccc1F)C(=O)[O-]. The minimum absolute atomic E-state index is 0.167. The van der Waals surface area contributed by atoms with Gasteiger partial charge in [-0.1, -0.05) is 35.2 Å². The second-order valence-electron chi connectivity index (χ2n) is 4.77. The maximum absolute atomic E-state index is 13.8. The number of aliphatic carboxylic acids is 1. The van der Waals surface area contributed by atoms with Crippen LogP contribution in [0.4, 0.5) is 4.39 Å². The highest BCUT2D eigenvalue weighted by Crippen LogP contribution is 2.26. The summed E-state index contributed by atoms with van der Waals surface area (Å²) in [5.41, 5.74) is 1.24. The van der Waals surface area contributed by atoms with Crippen molar-refractivity contribution in [3.05, 3.63) is 42.0 Å². The van der Waals surface area contributed by atoms with Gasteiger partial charge in [0, 0.05) is 10.8 Å². The van der Waals surface area contributed by atoms with Crippen molar-refractivity contribution >= 4 is 28.9 Å². The molecular formula is C14H11FN5O2S-. The van der Waals surface area contributed by atoms with Crippen molar-refractivity contribution in [1.29, 1.82) is 0 Å². The van der Waals surface area contributed by atoms with E-state index in [1.807, 2.05) is 0 Å². The smallest absolute Gasteiger partial charge is 0.183 e. The maximum Gasteiger partial charge on any atom is 0.183 e. The van der Waals surface area contributed by atoms with Gasteiger partial charge in [0.05, 0.1) is 12.5 Å². The molecule has 0 saturated heterocycles. The molecule has 23 heavy (non-hydrogen) atoms. The lowest BCUT2D eigenvalue weighted by Crippen LogP contribution is -2.31. The van der Waals surface area contributed by atoms with Gasteiger partial charge in [-0.3, -0.25) is 0 Å². The number of hydrogen-bond donors (Lipinski definition) is 0. The minimum atomic E-state index is -1.19. The van der Waals surface area contributed by atoms with E-state index in [0.717, 1.165) is 11.8 Å². The molecule has 1 aromatic carbocycles. The first-order valence-electron chi connectivity index (χ1n) is 6.71. The molecule has 9 heteroatoms. The van der Waals surface area contributed by atoms with E-state index >= 15 is 0 Å². The minimum Gasteiger partial charge on any atom is -0.549 e. The highest BCUT2D eigenvalue weighted by molar-refractivity contribution is 8.00. The predicted octanol–water partition coefficient (Wildman–Crippen LogP) is 0.639. The summed E-state index contributed by atoms with van der Waals surface area (Å²) in [5, 5.41) is 18.4. The van der Waals surface area contributed by atoms with E-state index < -0.39 is 11.2 Å². The van der Waals surface area contributed by atoms with Gasteiger partial charge in [-0.15, -0.1) is 5.10 Å². The molecule has 0 fully saturated rings. The summed E-state index contributed by atoms with van der Waals surface area (Å²) in [6, 6.07) is 6.36. The van der Waals surface area contributed by atoms with Crippen LogP contribution in [0.3, 0.4) is 0 Å². The van der Waals surface area contributed by atoms with Crippen LogP contribution in [0, 0.1) is 5.82 Å². The number of carbonyl (C=O) groups excluding carboxylic acids is 1. The van der Waals surface area contributed by atoms with Gasteiger partial charge in [0.25, 0.3) is 0 Å². The number of hydrogen-bond acceptors (Lipinski definition) is 7. The maximum atomic E-state index is 13.8. The first kappa shape index (κ1) is 15.3. The Morgan fingerprint density at radius 2 is 2.17 bits per heavy atom. The molecule has 118 valence electrons. The Morgan fingerprint density at radius 1 is 1.39 bits per heavy atom. The predicted molar refractivity (Wildman–Crippen MR) is 78.9 cm³/mol. The number of aromatic nitrogens is 5. The lowest BCUT2D eigenvalue weighted by Gasteiger charge is -2.10. The van der Waals surface area contributed by atoms with Crippen molar-refractivity contribution in [1.82, 2.24) is 25.0 Å². The number of carboxylic acid groups (broad SMARTS) is 1. The van der Waals surface area contributed by atoms with Crippen molar-refractivity contribution < 1.29 is 14.3 Å². The molecule has 0 aliphatic carbocycles. The molecule has 0 aliphatic heterocycles. The Hall–Kier alpha value is -2.55. The highest BCUT2D eigenvalue weighted by atomic mass is 32.2. The van der Waals surface area contributed by atoms with E-state index in [-0.39, 0.29) is 12.4 Å². The van der Waals surface area contributed by atoms with E-state index in [4.69, 9.17) is 0 Å². The average Bonchev–Trinajstić information content (AvgIpc) is 2.94. The van der Waals surface area contributed by atoms with E-state index in [2.05, 4.69) is 20.3 Å². The third kappa shape index (κ3) is 3.14. The molecule has 3 rings (SSSR count). The number of carbonyl (C=O) groups is 1. The number of benzene rings is 1. The second kappa shape index (κ2) is 6.29. The van der Waals surface area contributed by atoms with E-state index in [1.165, 1.54) is 24.0 Å². The zero-order valence-corrected chi connectivity index (χ0v) is 12.8. The van der Waals surface area contributed by atoms with Crippen molar-refractivity contribution in [2.45, 2.75) is 23.7 Å². The van der Waals surface area contributed by atoms with Gasteiger partial charge >= 0.3 is 0 Å². The van der Waals surface area contributed by atoms with Crippen LogP contribution in [-0.2, 0) is 11.3 Å². The Bertz CT molecular complexity index is 869. The Morgan fingerprint density at radius 3 is 2.91 bits per heavy atom. The van der Waals surface area contributed by atoms with Crippen LogP contribution in [0.25, 0.3) is 11.2 Å². The van der Waals surface area contributed by atoms with Gasteiger partial charge in [0.15, 0.2) is 11.2 Å². The fraction of sp³-hybridized carbons (Fsp3) is 0.214. The van der Waals surface area contributed by atoms with Crippen LogP contribution in [0.15, 0.2) is 35.6 Å². The molecule has 7 nitrogen and oxygen atoms in total. The largest absolute Gasteiger partial charge is 0.549 e. The van der Waals surface area contributed by atoms with Gasteiger partial charge < -0.3 is 9.90 Å². The van der Waals surface area contributed by atoms with Crippen molar-refractivity contribution in [3.63, 3.8) is 0 Å². The summed E-state index contributed by atoms with van der Waals surface area (Å²) >= 11 is 1.00. The van der Waals surface area contributed by atoms with Crippen LogP contribution in [-0.4, -0.2) is 36.2 Å². The molecular weight excluding hydrogens is 321 g/mol. The number of thioether (sulfide) groups is 1. The highest BCUT2D eigenvalue weighted by Gasteiger charge is 2.16. The fourth-order valence-electron chi connectivity index (χ4n) is 1.97. The molecule has 0 saturated carbocycles. The lowest BCUT2D eigenvalue weighted by atomic mass is 10.2. The fourth-order valence-corrected chi connectivity index (χ4v) is 2.75. The van der Waals surface area contributed by atoms with E-state index in [1.54, 1.807) is 18.2 Å². The van der Waals surface area contributed by atoms with Crippen LogP contribution in [0.1, 0.15) is 12.5 Å². The van der Waals surface area contributed by atoms with E-state index in [0.29, 0.717) is 21.8 Å². The summed E-state index contributed by atoms with van der Waals surface area (Å²) in [7, 11) is 0. The molecule has 0 radical (unpaired) electrons. The summed E-state index contributed by atoms with van der Waals surface area (Å²) in [6.45, 7) is 1.66. The molecule has 2 aromatic heterocycles. The number of carboxylic acids is 1. The molecule has 3 aromatic rings. The topological polar surface area (TPSA) is 96.6 Å². The molecule has 1 atom stereocenters. The molecule has 0 aliphatic rings. The summed E-state index contributed by atoms with van der Waals surface area (Å²) in [6.07, 6.45) is 1.30. The Labute approximate surface area is 134 Å². The molecule has 0 N–H and O–H groups in total. The third-order valence-electron chi connectivity index (χ3n) is 3.16. The molecule has 0 unspecified atom stereocenters.